The Kier molecular flexibility index (Phi) is 5.09. The topological polar surface area (TPSA) is 46.6 Å². The summed E-state index contributed by atoms with van der Waals surface area (Å²) in [5.41, 5.74) is 1.65. The van der Waals surface area contributed by atoms with Gasteiger partial charge in [-0.15, -0.1) is 0 Å². The zero-order valence-electron chi connectivity index (χ0n) is 17.2. The van der Waals surface area contributed by atoms with Crippen molar-refractivity contribution in [3.63, 3.8) is 0 Å². The number of ether oxygens (including phenoxy) is 1. The molecule has 3 rings (SSSR count). The third-order valence-electron chi connectivity index (χ3n) is 7.01. The molecule has 1 aliphatic carbocycles. The molecule has 5 heteroatoms. The number of rotatable bonds is 2. The second-order valence-corrected chi connectivity index (χ2v) is 9.34. The maximum Gasteiger partial charge on any atom is 0.311 e. The van der Waals surface area contributed by atoms with E-state index in [0.29, 0.717) is 17.1 Å². The summed E-state index contributed by atoms with van der Waals surface area (Å²) in [5, 5.41) is 0.562. The first-order valence-electron chi connectivity index (χ1n) is 9.74. The van der Waals surface area contributed by atoms with Gasteiger partial charge in [-0.25, -0.2) is 0 Å². The lowest BCUT2D eigenvalue weighted by atomic mass is 9.53. The average molecular weight is 392 g/mol. The maximum absolute atomic E-state index is 13.3. The van der Waals surface area contributed by atoms with E-state index in [1.54, 1.807) is 4.90 Å². The van der Waals surface area contributed by atoms with E-state index in [0.717, 1.165) is 30.4 Å². The van der Waals surface area contributed by atoms with Crippen molar-refractivity contribution in [2.45, 2.75) is 58.3 Å². The lowest BCUT2D eigenvalue weighted by molar-refractivity contribution is -0.161. The number of fused-ring (bicyclic) bond motifs is 3. The van der Waals surface area contributed by atoms with Gasteiger partial charge >= 0.3 is 5.97 Å². The van der Waals surface area contributed by atoms with Crippen molar-refractivity contribution in [2.24, 2.45) is 11.3 Å². The molecule has 0 saturated heterocycles. The lowest BCUT2D eigenvalue weighted by Crippen LogP contribution is -2.53. The number of nitrogens with zero attached hydrogens (tertiary/aromatic N) is 1. The van der Waals surface area contributed by atoms with E-state index in [4.69, 9.17) is 16.3 Å². The van der Waals surface area contributed by atoms with E-state index in [1.165, 1.54) is 7.11 Å². The van der Waals surface area contributed by atoms with Crippen LogP contribution in [0, 0.1) is 11.3 Å². The third-order valence-corrected chi connectivity index (χ3v) is 7.42. The van der Waals surface area contributed by atoms with E-state index >= 15 is 0 Å². The Hall–Kier alpha value is -1.55. The SMILES string of the molecule is COC(=O)[C@]1(C)CCC[C@]2(C)c3ccc(C(C)C)c(Cl)c3C(=O)N(C)C[C@@H]12. The number of carbonyl (C=O) groups excluding carboxylic acids is 2. The van der Waals surface area contributed by atoms with Crippen LogP contribution >= 0.6 is 11.6 Å². The predicted molar refractivity (Wildman–Crippen MR) is 107 cm³/mol. The zero-order valence-corrected chi connectivity index (χ0v) is 17.9. The van der Waals surface area contributed by atoms with E-state index < -0.39 is 5.41 Å². The monoisotopic (exact) mass is 391 g/mol. The van der Waals surface area contributed by atoms with Gasteiger partial charge in [-0.2, -0.15) is 0 Å². The van der Waals surface area contributed by atoms with Crippen LogP contribution in [-0.4, -0.2) is 37.5 Å². The Morgan fingerprint density at radius 2 is 1.96 bits per heavy atom. The van der Waals surface area contributed by atoms with Crippen molar-refractivity contribution >= 4 is 23.5 Å². The first-order valence-corrected chi connectivity index (χ1v) is 10.1. The summed E-state index contributed by atoms with van der Waals surface area (Å²) in [6.07, 6.45) is 2.62. The number of hydrogen-bond donors (Lipinski definition) is 0. The van der Waals surface area contributed by atoms with E-state index in [-0.39, 0.29) is 29.1 Å². The molecular weight excluding hydrogens is 362 g/mol. The minimum absolute atomic E-state index is 0.0256. The number of carbonyl (C=O) groups is 2. The van der Waals surface area contributed by atoms with Crippen molar-refractivity contribution < 1.29 is 14.3 Å². The van der Waals surface area contributed by atoms with Crippen molar-refractivity contribution in [2.75, 3.05) is 20.7 Å². The van der Waals surface area contributed by atoms with Crippen LogP contribution in [0.15, 0.2) is 12.1 Å². The summed E-state index contributed by atoms with van der Waals surface area (Å²) in [7, 11) is 3.26. The highest BCUT2D eigenvalue weighted by molar-refractivity contribution is 6.35. The highest BCUT2D eigenvalue weighted by Gasteiger charge is 2.56. The van der Waals surface area contributed by atoms with E-state index in [9.17, 15) is 9.59 Å². The van der Waals surface area contributed by atoms with Gasteiger partial charge in [0.25, 0.3) is 5.91 Å². The summed E-state index contributed by atoms with van der Waals surface area (Å²) in [5.74, 6) is -0.0326. The molecule has 1 aromatic rings. The van der Waals surface area contributed by atoms with Gasteiger partial charge < -0.3 is 9.64 Å². The summed E-state index contributed by atoms with van der Waals surface area (Å²) < 4.78 is 5.18. The fourth-order valence-corrected chi connectivity index (χ4v) is 5.81. The van der Waals surface area contributed by atoms with Crippen LogP contribution < -0.4 is 0 Å². The van der Waals surface area contributed by atoms with Crippen molar-refractivity contribution in [3.8, 4) is 0 Å². The Labute approximate surface area is 167 Å². The second kappa shape index (κ2) is 6.80. The average Bonchev–Trinajstić information content (AvgIpc) is 2.70. The van der Waals surface area contributed by atoms with Crippen molar-refractivity contribution in [3.05, 3.63) is 33.8 Å². The highest BCUT2D eigenvalue weighted by Crippen LogP contribution is 2.56. The zero-order chi connectivity index (χ0) is 20.1. The molecule has 1 heterocycles. The number of methoxy groups -OCH3 is 1. The minimum Gasteiger partial charge on any atom is -0.469 e. The van der Waals surface area contributed by atoms with Crippen LogP contribution in [0.3, 0.4) is 0 Å². The van der Waals surface area contributed by atoms with Crippen LogP contribution in [-0.2, 0) is 14.9 Å². The van der Waals surface area contributed by atoms with Crippen LogP contribution in [0.4, 0.5) is 0 Å². The lowest BCUT2D eigenvalue weighted by Gasteiger charge is -2.50. The van der Waals surface area contributed by atoms with Crippen molar-refractivity contribution in [1.82, 2.24) is 4.90 Å². The van der Waals surface area contributed by atoms with Gasteiger partial charge in [-0.05, 0) is 42.2 Å². The molecule has 0 unspecified atom stereocenters. The van der Waals surface area contributed by atoms with Crippen LogP contribution in [0.25, 0.3) is 0 Å². The standard InChI is InChI=1S/C22H30ClNO3/c1-13(2)14-8-9-15-17(18(14)23)19(25)24(5)12-16-21(15,3)10-7-11-22(16,4)20(26)27-6/h8-9,13,16H,7,10-12H2,1-6H3/t16-,21-,22-/m1/s1. The largest absolute Gasteiger partial charge is 0.469 e. The predicted octanol–water partition coefficient (Wildman–Crippen LogP) is 4.79. The van der Waals surface area contributed by atoms with Gasteiger partial charge in [-0.3, -0.25) is 9.59 Å². The molecule has 0 spiro atoms. The van der Waals surface area contributed by atoms with Crippen LogP contribution in [0.2, 0.25) is 5.02 Å². The number of amides is 1. The summed E-state index contributed by atoms with van der Waals surface area (Å²) >= 11 is 6.77. The molecular formula is C22H30ClNO3. The van der Waals surface area contributed by atoms with E-state index in [2.05, 4.69) is 32.9 Å². The molecule has 2 aliphatic rings. The molecule has 0 N–H and O–H groups in total. The molecule has 0 bridgehead atoms. The molecule has 1 aromatic carbocycles. The highest BCUT2D eigenvalue weighted by atomic mass is 35.5. The number of halogens is 1. The number of hydrogen-bond acceptors (Lipinski definition) is 3. The normalized spacial score (nSPS) is 30.6. The molecule has 1 fully saturated rings. The number of benzene rings is 1. The Morgan fingerprint density at radius 1 is 1.30 bits per heavy atom. The van der Waals surface area contributed by atoms with Gasteiger partial charge in [0.05, 0.1) is 23.1 Å². The summed E-state index contributed by atoms with van der Waals surface area (Å²) in [6.45, 7) is 8.86. The first-order chi connectivity index (χ1) is 12.6. The number of esters is 1. The Morgan fingerprint density at radius 3 is 2.56 bits per heavy atom. The Bertz CT molecular complexity index is 790. The first kappa shape index (κ1) is 20.2. The third kappa shape index (κ3) is 2.88. The molecule has 0 aromatic heterocycles. The second-order valence-electron chi connectivity index (χ2n) is 8.96. The maximum atomic E-state index is 13.3. The molecule has 1 aliphatic heterocycles. The summed E-state index contributed by atoms with van der Waals surface area (Å²) in [4.78, 5) is 27.8. The quantitative estimate of drug-likeness (QED) is 0.681. The molecule has 0 radical (unpaired) electrons. The molecule has 1 saturated carbocycles. The molecule has 4 nitrogen and oxygen atoms in total. The molecule has 27 heavy (non-hydrogen) atoms. The van der Waals surface area contributed by atoms with Gasteiger partial charge in [0.2, 0.25) is 0 Å². The fraction of sp³-hybridized carbons (Fsp3) is 0.636. The molecule has 1 amide bonds. The van der Waals surface area contributed by atoms with E-state index in [1.807, 2.05) is 14.0 Å². The fourth-order valence-electron chi connectivity index (χ4n) is 5.35. The van der Waals surface area contributed by atoms with Crippen LogP contribution in [0.5, 0.6) is 0 Å². The van der Waals surface area contributed by atoms with Gasteiger partial charge in [0, 0.05) is 19.5 Å². The van der Waals surface area contributed by atoms with Gasteiger partial charge in [0.1, 0.15) is 0 Å². The van der Waals surface area contributed by atoms with Crippen molar-refractivity contribution in [1.29, 1.82) is 0 Å². The van der Waals surface area contributed by atoms with Gasteiger partial charge in [0.15, 0.2) is 0 Å². The molecule has 3 atom stereocenters. The summed E-state index contributed by atoms with van der Waals surface area (Å²) in [6, 6.07) is 4.13. The minimum atomic E-state index is -0.624. The van der Waals surface area contributed by atoms with Crippen LogP contribution in [0.1, 0.15) is 74.4 Å². The van der Waals surface area contributed by atoms with Gasteiger partial charge in [-0.1, -0.05) is 50.9 Å². The smallest absolute Gasteiger partial charge is 0.311 e. The molecule has 148 valence electrons. The Balaban J connectivity index is 2.27.